The summed E-state index contributed by atoms with van der Waals surface area (Å²) in [6.45, 7) is 0. The van der Waals surface area contributed by atoms with Crippen LogP contribution >= 0.6 is 22.6 Å². The molecule has 1 amide bonds. The van der Waals surface area contributed by atoms with E-state index in [1.807, 2.05) is 0 Å². The van der Waals surface area contributed by atoms with Gasteiger partial charge in [-0.15, -0.1) is 0 Å². The van der Waals surface area contributed by atoms with Crippen molar-refractivity contribution in [1.82, 2.24) is 5.32 Å². The van der Waals surface area contributed by atoms with Gasteiger partial charge in [0.2, 0.25) is 0 Å². The van der Waals surface area contributed by atoms with Gasteiger partial charge >= 0.3 is 6.18 Å². The summed E-state index contributed by atoms with van der Waals surface area (Å²) in [7, 11) is 0. The van der Waals surface area contributed by atoms with Gasteiger partial charge in [-0.3, -0.25) is 4.79 Å². The second-order valence-corrected chi connectivity index (χ2v) is 5.91. The number of benzene rings is 1. The number of rotatable bonds is 2. The SMILES string of the molecule is O=C(NC1CC(F)(F)C1)c1cc(I)cc(C(F)(F)F)c1. The average molecular weight is 405 g/mol. The fourth-order valence-electron chi connectivity index (χ4n) is 1.92. The first-order chi connectivity index (χ1) is 9.07. The highest BCUT2D eigenvalue weighted by Gasteiger charge is 2.46. The molecule has 1 aliphatic rings. The van der Waals surface area contributed by atoms with Crippen molar-refractivity contribution in [2.24, 2.45) is 0 Å². The van der Waals surface area contributed by atoms with Crippen molar-refractivity contribution in [3.05, 3.63) is 32.9 Å². The highest BCUT2D eigenvalue weighted by Crippen LogP contribution is 2.37. The van der Waals surface area contributed by atoms with Gasteiger partial charge in [-0.25, -0.2) is 8.78 Å². The van der Waals surface area contributed by atoms with Crippen molar-refractivity contribution in [2.45, 2.75) is 31.0 Å². The molecule has 0 bridgehead atoms. The van der Waals surface area contributed by atoms with Gasteiger partial charge in [-0.2, -0.15) is 13.2 Å². The Labute approximate surface area is 124 Å². The van der Waals surface area contributed by atoms with Gasteiger partial charge in [0.15, 0.2) is 0 Å². The number of nitrogens with one attached hydrogen (secondary N) is 1. The zero-order valence-corrected chi connectivity index (χ0v) is 12.1. The van der Waals surface area contributed by atoms with Crippen LogP contribution in [-0.4, -0.2) is 17.9 Å². The summed E-state index contributed by atoms with van der Waals surface area (Å²) in [5.41, 5.74) is -1.12. The maximum atomic E-state index is 12.6. The molecule has 0 aliphatic heterocycles. The van der Waals surface area contributed by atoms with Gasteiger partial charge in [0.25, 0.3) is 11.8 Å². The third-order valence-corrected chi connectivity index (χ3v) is 3.54. The highest BCUT2D eigenvalue weighted by molar-refractivity contribution is 14.1. The van der Waals surface area contributed by atoms with E-state index in [1.54, 1.807) is 22.6 Å². The summed E-state index contributed by atoms with van der Waals surface area (Å²) in [5.74, 6) is -3.56. The Morgan fingerprint density at radius 2 is 1.85 bits per heavy atom. The fourth-order valence-corrected chi connectivity index (χ4v) is 2.59. The molecule has 0 spiro atoms. The molecule has 1 N–H and O–H groups in total. The quantitative estimate of drug-likeness (QED) is 0.588. The minimum absolute atomic E-state index is 0.181. The summed E-state index contributed by atoms with van der Waals surface area (Å²) in [4.78, 5) is 11.8. The second-order valence-electron chi connectivity index (χ2n) is 4.66. The number of hydrogen-bond acceptors (Lipinski definition) is 1. The van der Waals surface area contributed by atoms with Crippen LogP contribution in [0.1, 0.15) is 28.8 Å². The molecule has 1 saturated carbocycles. The van der Waals surface area contributed by atoms with E-state index in [2.05, 4.69) is 5.32 Å². The predicted octanol–water partition coefficient (Wildman–Crippen LogP) is 3.84. The third kappa shape index (κ3) is 3.58. The zero-order chi connectivity index (χ0) is 15.1. The Morgan fingerprint density at radius 3 is 2.35 bits per heavy atom. The topological polar surface area (TPSA) is 29.1 Å². The van der Waals surface area contributed by atoms with Crippen molar-refractivity contribution in [1.29, 1.82) is 0 Å². The highest BCUT2D eigenvalue weighted by atomic mass is 127. The molecule has 1 aromatic rings. The average Bonchev–Trinajstić information content (AvgIpc) is 2.24. The maximum absolute atomic E-state index is 12.6. The van der Waals surface area contributed by atoms with Gasteiger partial charge in [-0.05, 0) is 40.8 Å². The van der Waals surface area contributed by atoms with E-state index in [-0.39, 0.29) is 9.13 Å². The molecular weight excluding hydrogens is 396 g/mol. The molecule has 0 atom stereocenters. The summed E-state index contributed by atoms with van der Waals surface area (Å²) >= 11 is 1.67. The largest absolute Gasteiger partial charge is 0.416 e. The van der Waals surface area contributed by atoms with Crippen LogP contribution in [0.4, 0.5) is 22.0 Å². The second kappa shape index (κ2) is 5.12. The number of halogens is 6. The molecule has 2 rings (SSSR count). The van der Waals surface area contributed by atoms with Crippen molar-refractivity contribution in [3.8, 4) is 0 Å². The molecule has 1 aliphatic carbocycles. The summed E-state index contributed by atoms with van der Waals surface area (Å²) in [5, 5.41) is 2.30. The molecule has 0 radical (unpaired) electrons. The Kier molecular flexibility index (Phi) is 3.96. The standard InChI is InChI=1S/C12H9F5INO/c13-11(14)4-9(5-11)19-10(20)6-1-7(12(15,16)17)3-8(18)2-6/h1-3,9H,4-5H2,(H,19,20). The number of amides is 1. The summed E-state index contributed by atoms with van der Waals surface area (Å²) in [6.07, 6.45) is -5.51. The number of alkyl halides is 5. The summed E-state index contributed by atoms with van der Waals surface area (Å²) in [6, 6.07) is 2.22. The first-order valence-corrected chi connectivity index (χ1v) is 6.71. The molecule has 2 nitrogen and oxygen atoms in total. The lowest BCUT2D eigenvalue weighted by Gasteiger charge is -2.35. The molecule has 0 aromatic heterocycles. The van der Waals surface area contributed by atoms with Crippen molar-refractivity contribution in [2.75, 3.05) is 0 Å². The first-order valence-electron chi connectivity index (χ1n) is 5.63. The third-order valence-electron chi connectivity index (χ3n) is 2.91. The van der Waals surface area contributed by atoms with E-state index in [9.17, 15) is 26.7 Å². The molecule has 0 heterocycles. The normalized spacial score (nSPS) is 18.5. The number of hydrogen-bond donors (Lipinski definition) is 1. The van der Waals surface area contributed by atoms with Crippen molar-refractivity contribution < 1.29 is 26.7 Å². The van der Waals surface area contributed by atoms with Gasteiger partial charge in [0.05, 0.1) is 5.56 Å². The fraction of sp³-hybridized carbons (Fsp3) is 0.417. The lowest BCUT2D eigenvalue weighted by Crippen LogP contribution is -2.50. The van der Waals surface area contributed by atoms with Crippen LogP contribution in [0.3, 0.4) is 0 Å². The molecule has 8 heteroatoms. The molecular formula is C12H9F5INO. The smallest absolute Gasteiger partial charge is 0.349 e. The minimum Gasteiger partial charge on any atom is -0.349 e. The monoisotopic (exact) mass is 405 g/mol. The van der Waals surface area contributed by atoms with Crippen LogP contribution in [0.15, 0.2) is 18.2 Å². The summed E-state index contributed by atoms with van der Waals surface area (Å²) < 4.78 is 63.4. The Hall–Kier alpha value is -0.930. The first kappa shape index (κ1) is 15.5. The van der Waals surface area contributed by atoms with E-state index in [1.165, 1.54) is 6.07 Å². The van der Waals surface area contributed by atoms with E-state index in [0.717, 1.165) is 6.07 Å². The Morgan fingerprint density at radius 1 is 1.25 bits per heavy atom. The molecule has 0 saturated heterocycles. The van der Waals surface area contributed by atoms with Crippen LogP contribution in [0.2, 0.25) is 0 Å². The van der Waals surface area contributed by atoms with Crippen LogP contribution in [-0.2, 0) is 6.18 Å². The van der Waals surface area contributed by atoms with Crippen molar-refractivity contribution in [3.63, 3.8) is 0 Å². The van der Waals surface area contributed by atoms with Crippen LogP contribution in [0.5, 0.6) is 0 Å². The van der Waals surface area contributed by atoms with Crippen molar-refractivity contribution >= 4 is 28.5 Å². The molecule has 0 unspecified atom stereocenters. The Balaban J connectivity index is 2.12. The molecule has 20 heavy (non-hydrogen) atoms. The van der Waals surface area contributed by atoms with E-state index >= 15 is 0 Å². The predicted molar refractivity (Wildman–Crippen MR) is 69.6 cm³/mol. The van der Waals surface area contributed by atoms with Gasteiger partial charge in [-0.1, -0.05) is 0 Å². The number of carbonyl (C=O) groups is 1. The van der Waals surface area contributed by atoms with Crippen LogP contribution < -0.4 is 5.32 Å². The van der Waals surface area contributed by atoms with Gasteiger partial charge < -0.3 is 5.32 Å². The zero-order valence-electron chi connectivity index (χ0n) is 9.90. The van der Waals surface area contributed by atoms with Gasteiger partial charge in [0, 0.05) is 28.0 Å². The minimum atomic E-state index is -4.56. The molecule has 110 valence electrons. The van der Waals surface area contributed by atoms with Crippen LogP contribution in [0.25, 0.3) is 0 Å². The maximum Gasteiger partial charge on any atom is 0.416 e. The lowest BCUT2D eigenvalue weighted by molar-refractivity contribution is -0.137. The molecule has 1 aromatic carbocycles. The van der Waals surface area contributed by atoms with Gasteiger partial charge in [0.1, 0.15) is 0 Å². The number of carbonyl (C=O) groups excluding carboxylic acids is 1. The van der Waals surface area contributed by atoms with E-state index < -0.39 is 42.5 Å². The van der Waals surface area contributed by atoms with Crippen LogP contribution in [0, 0.1) is 3.57 Å². The lowest BCUT2D eigenvalue weighted by atomic mass is 9.88. The van der Waals surface area contributed by atoms with E-state index in [0.29, 0.717) is 6.07 Å². The Bertz CT molecular complexity index is 535. The van der Waals surface area contributed by atoms with E-state index in [4.69, 9.17) is 0 Å². The molecule has 1 fully saturated rings.